The number of carbonyl (C=O) groups excluding carboxylic acids is 3. The first kappa shape index (κ1) is 17.5. The molecular weight excluding hydrogens is 342 g/mol. The fourth-order valence-corrected chi connectivity index (χ4v) is 4.30. The van der Waals surface area contributed by atoms with Crippen molar-refractivity contribution in [3.63, 3.8) is 0 Å². The lowest BCUT2D eigenvalue weighted by molar-refractivity contribution is -0.154. The van der Waals surface area contributed by atoms with Crippen LogP contribution in [0.25, 0.3) is 10.8 Å². The molecule has 1 spiro atoms. The molecule has 0 aliphatic carbocycles. The Morgan fingerprint density at radius 1 is 1.04 bits per heavy atom. The Morgan fingerprint density at radius 2 is 1.74 bits per heavy atom. The first-order chi connectivity index (χ1) is 12.6. The van der Waals surface area contributed by atoms with Gasteiger partial charge in [-0.05, 0) is 43.2 Å². The van der Waals surface area contributed by atoms with E-state index in [0.717, 1.165) is 22.0 Å². The molecule has 0 aromatic heterocycles. The van der Waals surface area contributed by atoms with E-state index in [1.54, 1.807) is 20.8 Å². The summed E-state index contributed by atoms with van der Waals surface area (Å²) in [5.41, 5.74) is -0.0489. The molecular formula is C21H23N3O3. The molecule has 0 bridgehead atoms. The van der Waals surface area contributed by atoms with Gasteiger partial charge >= 0.3 is 6.03 Å². The van der Waals surface area contributed by atoms with Crippen LogP contribution in [0.15, 0.2) is 36.4 Å². The molecule has 2 aromatic rings. The number of benzene rings is 2. The van der Waals surface area contributed by atoms with Gasteiger partial charge in [0.05, 0.1) is 0 Å². The maximum atomic E-state index is 13.5. The second-order valence-electron chi connectivity index (χ2n) is 8.47. The Bertz CT molecular complexity index is 992. The maximum Gasteiger partial charge on any atom is 0.331 e. The first-order valence-corrected chi connectivity index (χ1v) is 9.07. The molecule has 140 valence electrons. The summed E-state index contributed by atoms with van der Waals surface area (Å²) < 4.78 is 0. The number of imide groups is 2. The number of urea groups is 1. The van der Waals surface area contributed by atoms with Gasteiger partial charge in [0.15, 0.2) is 0 Å². The second-order valence-corrected chi connectivity index (χ2v) is 8.47. The van der Waals surface area contributed by atoms with E-state index >= 15 is 0 Å². The number of hydrogen-bond donors (Lipinski definition) is 1. The van der Waals surface area contributed by atoms with E-state index in [1.807, 2.05) is 42.3 Å². The van der Waals surface area contributed by atoms with Gasteiger partial charge in [-0.25, -0.2) is 4.79 Å². The van der Waals surface area contributed by atoms with Crippen LogP contribution >= 0.6 is 0 Å². The first-order valence-electron chi connectivity index (χ1n) is 9.07. The Balaban J connectivity index is 1.90. The summed E-state index contributed by atoms with van der Waals surface area (Å²) in [6, 6.07) is 11.4. The number of barbiturate groups is 1. The zero-order valence-electron chi connectivity index (χ0n) is 16.0. The highest BCUT2D eigenvalue weighted by atomic mass is 16.2. The van der Waals surface area contributed by atoms with Crippen molar-refractivity contribution in [1.82, 2.24) is 10.2 Å². The van der Waals surface area contributed by atoms with Crippen molar-refractivity contribution < 1.29 is 14.4 Å². The summed E-state index contributed by atoms with van der Waals surface area (Å²) in [4.78, 5) is 42.0. The molecule has 1 atom stereocenters. The third-order valence-electron chi connectivity index (χ3n) is 5.55. The molecule has 4 amide bonds. The fourth-order valence-electron chi connectivity index (χ4n) is 4.30. The van der Waals surface area contributed by atoms with Crippen LogP contribution in [-0.4, -0.2) is 41.9 Å². The maximum absolute atomic E-state index is 13.5. The van der Waals surface area contributed by atoms with Crippen LogP contribution < -0.4 is 10.2 Å². The average molecular weight is 365 g/mol. The van der Waals surface area contributed by atoms with Gasteiger partial charge in [0.1, 0.15) is 5.41 Å². The Labute approximate surface area is 158 Å². The molecule has 1 saturated heterocycles. The molecule has 1 fully saturated rings. The summed E-state index contributed by atoms with van der Waals surface area (Å²) >= 11 is 0. The van der Waals surface area contributed by atoms with E-state index in [-0.39, 0.29) is 13.0 Å². The van der Waals surface area contributed by atoms with Crippen molar-refractivity contribution in [3.8, 4) is 0 Å². The predicted octanol–water partition coefficient (Wildman–Crippen LogP) is 2.70. The van der Waals surface area contributed by atoms with Crippen molar-refractivity contribution in [3.05, 3.63) is 42.0 Å². The molecule has 2 aliphatic heterocycles. The lowest BCUT2D eigenvalue weighted by Crippen LogP contribution is -2.71. The molecule has 0 saturated carbocycles. The van der Waals surface area contributed by atoms with Crippen molar-refractivity contribution in [2.24, 2.45) is 5.41 Å². The smallest absolute Gasteiger partial charge is 0.331 e. The van der Waals surface area contributed by atoms with E-state index in [1.165, 1.54) is 4.90 Å². The SMILES string of the molecule is CN1CC2(Cc3c1ccc1ccccc31)C(=O)NC(=O)N(C(C)(C)C)C2=O. The van der Waals surface area contributed by atoms with E-state index < -0.39 is 28.8 Å². The molecule has 2 aromatic carbocycles. The number of amides is 4. The Kier molecular flexibility index (Phi) is 3.60. The minimum absolute atomic E-state index is 0.239. The highest BCUT2D eigenvalue weighted by Gasteiger charge is 2.58. The standard InChI is InChI=1S/C21H23N3O3/c1-20(2,3)24-18(26)21(17(25)22-19(24)27)11-15-14-8-6-5-7-13(14)9-10-16(15)23(4)12-21/h5-10H,11-12H2,1-4H3,(H,22,25,27). The highest BCUT2D eigenvalue weighted by molar-refractivity contribution is 6.20. The van der Waals surface area contributed by atoms with Crippen LogP contribution in [0.5, 0.6) is 0 Å². The van der Waals surface area contributed by atoms with Gasteiger partial charge in [0.2, 0.25) is 11.8 Å². The van der Waals surface area contributed by atoms with Gasteiger partial charge in [-0.15, -0.1) is 0 Å². The quantitative estimate of drug-likeness (QED) is 0.729. The fraction of sp³-hybridized carbons (Fsp3) is 0.381. The largest absolute Gasteiger partial charge is 0.373 e. The van der Waals surface area contributed by atoms with Gasteiger partial charge in [-0.3, -0.25) is 19.8 Å². The van der Waals surface area contributed by atoms with Gasteiger partial charge in [-0.1, -0.05) is 30.3 Å². The molecule has 2 heterocycles. The van der Waals surface area contributed by atoms with Crippen LogP contribution in [-0.2, 0) is 16.0 Å². The van der Waals surface area contributed by atoms with Gasteiger partial charge in [0.25, 0.3) is 0 Å². The zero-order chi connectivity index (χ0) is 19.6. The molecule has 6 heteroatoms. The summed E-state index contributed by atoms with van der Waals surface area (Å²) in [6.07, 6.45) is 0.276. The second kappa shape index (κ2) is 5.55. The van der Waals surface area contributed by atoms with E-state index in [2.05, 4.69) is 11.4 Å². The third-order valence-corrected chi connectivity index (χ3v) is 5.55. The number of anilines is 1. The van der Waals surface area contributed by atoms with Gasteiger partial charge < -0.3 is 4.90 Å². The molecule has 4 rings (SSSR count). The summed E-state index contributed by atoms with van der Waals surface area (Å²) in [5, 5.41) is 4.52. The van der Waals surface area contributed by atoms with Crippen molar-refractivity contribution in [1.29, 1.82) is 0 Å². The van der Waals surface area contributed by atoms with Crippen LogP contribution in [0, 0.1) is 5.41 Å². The van der Waals surface area contributed by atoms with Crippen LogP contribution in [0.2, 0.25) is 0 Å². The number of nitrogens with one attached hydrogen (secondary N) is 1. The number of carbonyl (C=O) groups is 3. The van der Waals surface area contributed by atoms with Crippen LogP contribution in [0.4, 0.5) is 10.5 Å². The average Bonchev–Trinajstić information content (AvgIpc) is 2.59. The number of fused-ring (bicyclic) bond motifs is 3. The van der Waals surface area contributed by atoms with Gasteiger partial charge in [-0.2, -0.15) is 0 Å². The van der Waals surface area contributed by atoms with Gasteiger partial charge in [0, 0.05) is 31.2 Å². The summed E-state index contributed by atoms with van der Waals surface area (Å²) in [7, 11) is 1.88. The van der Waals surface area contributed by atoms with Crippen molar-refractivity contribution >= 4 is 34.3 Å². The minimum atomic E-state index is -1.31. The molecule has 2 aliphatic rings. The van der Waals surface area contributed by atoms with Crippen LogP contribution in [0.1, 0.15) is 26.3 Å². The Morgan fingerprint density at radius 3 is 2.44 bits per heavy atom. The molecule has 0 radical (unpaired) electrons. The van der Waals surface area contributed by atoms with Crippen LogP contribution in [0.3, 0.4) is 0 Å². The minimum Gasteiger partial charge on any atom is -0.373 e. The lowest BCUT2D eigenvalue weighted by Gasteiger charge is -2.48. The number of rotatable bonds is 0. The van der Waals surface area contributed by atoms with Crippen molar-refractivity contribution in [2.45, 2.75) is 32.7 Å². The predicted molar refractivity (Wildman–Crippen MR) is 103 cm³/mol. The van der Waals surface area contributed by atoms with E-state index in [9.17, 15) is 14.4 Å². The normalized spacial score (nSPS) is 23.0. The topological polar surface area (TPSA) is 69.7 Å². The van der Waals surface area contributed by atoms with Crippen molar-refractivity contribution in [2.75, 3.05) is 18.5 Å². The zero-order valence-corrected chi connectivity index (χ0v) is 16.0. The number of nitrogens with zero attached hydrogens (tertiary/aromatic N) is 2. The molecule has 1 N–H and O–H groups in total. The highest BCUT2D eigenvalue weighted by Crippen LogP contribution is 2.43. The molecule has 27 heavy (non-hydrogen) atoms. The third kappa shape index (κ3) is 2.43. The Hall–Kier alpha value is -2.89. The number of hydrogen-bond acceptors (Lipinski definition) is 4. The van der Waals surface area contributed by atoms with E-state index in [4.69, 9.17) is 0 Å². The lowest BCUT2D eigenvalue weighted by atomic mass is 9.73. The molecule has 6 nitrogen and oxygen atoms in total. The summed E-state index contributed by atoms with van der Waals surface area (Å²) in [6.45, 7) is 5.63. The summed E-state index contributed by atoms with van der Waals surface area (Å²) in [5.74, 6) is -0.933. The monoisotopic (exact) mass is 365 g/mol. The van der Waals surface area contributed by atoms with E-state index in [0.29, 0.717) is 0 Å². The molecule has 1 unspecified atom stereocenters.